The van der Waals surface area contributed by atoms with E-state index in [4.69, 9.17) is 22.1 Å². The maximum atomic E-state index is 12.2. The number of hydrogen-bond acceptors (Lipinski definition) is 5. The summed E-state index contributed by atoms with van der Waals surface area (Å²) in [6.45, 7) is 5.19. The van der Waals surface area contributed by atoms with Crippen molar-refractivity contribution in [3.63, 3.8) is 0 Å². The van der Waals surface area contributed by atoms with Crippen molar-refractivity contribution in [2.75, 3.05) is 0 Å². The third-order valence-electron chi connectivity index (χ3n) is 3.83. The van der Waals surface area contributed by atoms with Crippen LogP contribution in [-0.2, 0) is 20.7 Å². The lowest BCUT2D eigenvalue weighted by molar-refractivity contribution is -0.140. The van der Waals surface area contributed by atoms with Gasteiger partial charge < -0.3 is 25.6 Å². The lowest BCUT2D eigenvalue weighted by Crippen LogP contribution is -2.51. The molecule has 1 aromatic rings. The van der Waals surface area contributed by atoms with Gasteiger partial charge in [0.05, 0.1) is 11.0 Å². The summed E-state index contributed by atoms with van der Waals surface area (Å²) in [6.07, 6.45) is -0.114. The highest BCUT2D eigenvalue weighted by Gasteiger charge is 2.26. The van der Waals surface area contributed by atoms with E-state index in [1.165, 1.54) is 0 Å². The van der Waals surface area contributed by atoms with Crippen LogP contribution in [0.25, 0.3) is 0 Å². The Kier molecular flexibility index (Phi) is 9.54. The molecule has 0 saturated heterocycles. The van der Waals surface area contributed by atoms with E-state index in [1.807, 2.05) is 30.3 Å². The summed E-state index contributed by atoms with van der Waals surface area (Å²) in [5, 5.41) is 23.5. The van der Waals surface area contributed by atoms with Crippen LogP contribution in [0.4, 0.5) is 4.79 Å². The molecule has 1 aromatic carbocycles. The predicted octanol–water partition coefficient (Wildman–Crippen LogP) is 2.75. The number of thiocarbonyl (C=S) groups is 1. The number of carboxylic acid groups (broad SMARTS) is 2. The molecule has 0 aromatic heterocycles. The molecule has 29 heavy (non-hydrogen) atoms. The second kappa shape index (κ2) is 11.4. The van der Waals surface area contributed by atoms with E-state index in [2.05, 4.69) is 10.6 Å². The first-order valence-electron chi connectivity index (χ1n) is 9.26. The minimum atomic E-state index is -1.22. The van der Waals surface area contributed by atoms with Crippen molar-refractivity contribution in [2.24, 2.45) is 0 Å². The molecule has 0 aliphatic rings. The Morgan fingerprint density at radius 2 is 1.66 bits per heavy atom. The SMILES string of the molecule is CC(C)(C)OC(=O)NC(CCc1ccccc1)C(=S)NC(CCC(=O)O)C(=O)O. The molecule has 1 rings (SSSR count). The molecular weight excluding hydrogens is 396 g/mol. The van der Waals surface area contributed by atoms with Gasteiger partial charge in [-0.3, -0.25) is 4.79 Å². The Hall–Kier alpha value is -2.68. The highest BCUT2D eigenvalue weighted by atomic mass is 32.1. The summed E-state index contributed by atoms with van der Waals surface area (Å²) >= 11 is 5.33. The molecule has 0 saturated carbocycles. The van der Waals surface area contributed by atoms with E-state index in [-0.39, 0.29) is 17.8 Å². The second-order valence-electron chi connectivity index (χ2n) is 7.55. The Balaban J connectivity index is 2.85. The van der Waals surface area contributed by atoms with Gasteiger partial charge in [-0.05, 0) is 45.6 Å². The van der Waals surface area contributed by atoms with Crippen LogP contribution in [0.1, 0.15) is 45.6 Å². The van der Waals surface area contributed by atoms with Crippen molar-refractivity contribution in [3.8, 4) is 0 Å². The molecule has 0 radical (unpaired) electrons. The summed E-state index contributed by atoms with van der Waals surface area (Å²) in [5.41, 5.74) is 0.334. The van der Waals surface area contributed by atoms with E-state index in [0.717, 1.165) is 5.56 Å². The maximum Gasteiger partial charge on any atom is 0.408 e. The Bertz CT molecular complexity index is 717. The molecule has 2 unspecified atom stereocenters. The zero-order valence-corrected chi connectivity index (χ0v) is 17.6. The van der Waals surface area contributed by atoms with E-state index >= 15 is 0 Å². The highest BCUT2D eigenvalue weighted by Crippen LogP contribution is 2.10. The molecule has 0 aliphatic carbocycles. The number of benzene rings is 1. The van der Waals surface area contributed by atoms with Gasteiger partial charge in [0.1, 0.15) is 11.6 Å². The molecule has 9 heteroatoms. The third kappa shape index (κ3) is 10.4. The van der Waals surface area contributed by atoms with Gasteiger partial charge in [-0.2, -0.15) is 0 Å². The van der Waals surface area contributed by atoms with Gasteiger partial charge in [0.25, 0.3) is 0 Å². The number of amides is 1. The number of ether oxygens (including phenoxy) is 1. The van der Waals surface area contributed by atoms with E-state index in [9.17, 15) is 19.5 Å². The number of aliphatic carboxylic acids is 2. The lowest BCUT2D eigenvalue weighted by Gasteiger charge is -2.26. The summed E-state index contributed by atoms with van der Waals surface area (Å²) in [4.78, 5) is 34.5. The van der Waals surface area contributed by atoms with Crippen LogP contribution < -0.4 is 10.6 Å². The summed E-state index contributed by atoms with van der Waals surface area (Å²) in [7, 11) is 0. The fourth-order valence-corrected chi connectivity index (χ4v) is 2.79. The summed E-state index contributed by atoms with van der Waals surface area (Å²) < 4.78 is 5.27. The van der Waals surface area contributed by atoms with E-state index < -0.39 is 35.7 Å². The van der Waals surface area contributed by atoms with Crippen molar-refractivity contribution in [1.29, 1.82) is 0 Å². The number of nitrogens with one attached hydrogen (secondary N) is 2. The van der Waals surface area contributed by atoms with E-state index in [0.29, 0.717) is 12.8 Å². The van der Waals surface area contributed by atoms with Crippen LogP contribution in [0.15, 0.2) is 30.3 Å². The predicted molar refractivity (Wildman–Crippen MR) is 112 cm³/mol. The summed E-state index contributed by atoms with van der Waals surface area (Å²) in [6, 6.07) is 7.72. The quantitative estimate of drug-likeness (QED) is 0.423. The molecule has 0 aliphatic heterocycles. The molecule has 8 nitrogen and oxygen atoms in total. The first kappa shape index (κ1) is 24.4. The van der Waals surface area contributed by atoms with Crippen LogP contribution in [0, 0.1) is 0 Å². The van der Waals surface area contributed by atoms with Crippen LogP contribution >= 0.6 is 12.2 Å². The van der Waals surface area contributed by atoms with Gasteiger partial charge in [0, 0.05) is 6.42 Å². The van der Waals surface area contributed by atoms with Gasteiger partial charge in [-0.1, -0.05) is 42.5 Å². The number of alkyl carbamates (subject to hydrolysis) is 1. The zero-order chi connectivity index (χ0) is 22.0. The van der Waals surface area contributed by atoms with Crippen molar-refractivity contribution in [3.05, 3.63) is 35.9 Å². The van der Waals surface area contributed by atoms with Crippen molar-refractivity contribution >= 4 is 35.2 Å². The van der Waals surface area contributed by atoms with Crippen LogP contribution in [0.5, 0.6) is 0 Å². The number of hydrogen-bond donors (Lipinski definition) is 4. The standard InChI is InChI=1S/C20H28N2O6S/c1-20(2,3)28-19(27)22-14(10-9-13-7-5-4-6-8-13)17(29)21-15(18(25)26)11-12-16(23)24/h4-8,14-15H,9-12H2,1-3H3,(H,21,29)(H,22,27)(H,23,24)(H,25,26). The largest absolute Gasteiger partial charge is 0.481 e. The molecule has 0 spiro atoms. The van der Waals surface area contributed by atoms with Gasteiger partial charge in [-0.15, -0.1) is 0 Å². The molecule has 0 heterocycles. The van der Waals surface area contributed by atoms with Gasteiger partial charge in [0.15, 0.2) is 0 Å². The number of aryl methyl sites for hydroxylation is 1. The Labute approximate surface area is 175 Å². The Morgan fingerprint density at radius 1 is 1.03 bits per heavy atom. The number of rotatable bonds is 10. The van der Waals surface area contributed by atoms with Crippen molar-refractivity contribution in [1.82, 2.24) is 10.6 Å². The average molecular weight is 425 g/mol. The Morgan fingerprint density at radius 3 is 2.17 bits per heavy atom. The summed E-state index contributed by atoms with van der Waals surface area (Å²) in [5.74, 6) is -2.32. The maximum absolute atomic E-state index is 12.2. The highest BCUT2D eigenvalue weighted by molar-refractivity contribution is 7.80. The average Bonchev–Trinajstić information content (AvgIpc) is 2.60. The zero-order valence-electron chi connectivity index (χ0n) is 16.8. The minimum absolute atomic E-state index is 0.115. The van der Waals surface area contributed by atoms with Crippen molar-refractivity contribution in [2.45, 2.75) is 64.1 Å². The normalized spacial score (nSPS) is 13.1. The van der Waals surface area contributed by atoms with Gasteiger partial charge in [-0.25, -0.2) is 9.59 Å². The number of carboxylic acids is 2. The molecule has 1 amide bonds. The van der Waals surface area contributed by atoms with E-state index in [1.54, 1.807) is 20.8 Å². The second-order valence-corrected chi connectivity index (χ2v) is 7.99. The molecule has 0 fully saturated rings. The topological polar surface area (TPSA) is 125 Å². The van der Waals surface area contributed by atoms with Gasteiger partial charge in [0.2, 0.25) is 0 Å². The number of carbonyl (C=O) groups is 3. The third-order valence-corrected chi connectivity index (χ3v) is 4.24. The fraction of sp³-hybridized carbons (Fsp3) is 0.500. The smallest absolute Gasteiger partial charge is 0.408 e. The number of carbonyl (C=O) groups excluding carboxylic acids is 1. The molecule has 160 valence electrons. The first-order chi connectivity index (χ1) is 13.5. The fourth-order valence-electron chi connectivity index (χ4n) is 2.47. The lowest BCUT2D eigenvalue weighted by atomic mass is 10.0. The van der Waals surface area contributed by atoms with Crippen molar-refractivity contribution < 1.29 is 29.3 Å². The van der Waals surface area contributed by atoms with Crippen LogP contribution in [0.3, 0.4) is 0 Å². The molecular formula is C20H28N2O6S. The molecule has 2 atom stereocenters. The molecule has 0 bridgehead atoms. The van der Waals surface area contributed by atoms with Crippen LogP contribution in [-0.4, -0.2) is 50.9 Å². The first-order valence-corrected chi connectivity index (χ1v) is 9.67. The van der Waals surface area contributed by atoms with Gasteiger partial charge >= 0.3 is 18.0 Å². The van der Waals surface area contributed by atoms with Crippen LogP contribution in [0.2, 0.25) is 0 Å². The molecule has 4 N–H and O–H groups in total. The minimum Gasteiger partial charge on any atom is -0.481 e. The monoisotopic (exact) mass is 424 g/mol.